The van der Waals surface area contributed by atoms with E-state index >= 15 is 0 Å². The van der Waals surface area contributed by atoms with Crippen LogP contribution in [0.25, 0.3) is 11.0 Å². The van der Waals surface area contributed by atoms with Crippen LogP contribution in [0.2, 0.25) is 0 Å². The Balaban J connectivity index is 2.54. The van der Waals surface area contributed by atoms with Gasteiger partial charge in [0.2, 0.25) is 10.0 Å². The second-order valence-electron chi connectivity index (χ2n) is 2.90. The number of hydrogen-bond donors (Lipinski definition) is 1. The van der Waals surface area contributed by atoms with Crippen LogP contribution in [0.4, 0.5) is 5.82 Å². The molecule has 0 bridgehead atoms. The Morgan fingerprint density at radius 1 is 1.36 bits per heavy atom. The van der Waals surface area contributed by atoms with Gasteiger partial charge in [-0.1, -0.05) is 17.3 Å². The van der Waals surface area contributed by atoms with Crippen LogP contribution in [-0.2, 0) is 10.0 Å². The van der Waals surface area contributed by atoms with Gasteiger partial charge in [-0.05, 0) is 12.1 Å². The first-order valence-electron chi connectivity index (χ1n) is 3.88. The quantitative estimate of drug-likeness (QED) is 0.821. The van der Waals surface area contributed by atoms with Gasteiger partial charge in [-0.15, -0.1) is 0 Å². The van der Waals surface area contributed by atoms with Crippen LogP contribution in [-0.4, -0.2) is 19.8 Å². The zero-order chi connectivity index (χ0) is 10.2. The smallest absolute Gasteiger partial charge is 0.231 e. The fraction of sp³-hybridized carbons (Fsp3) is 0.125. The van der Waals surface area contributed by atoms with Gasteiger partial charge in [-0.3, -0.25) is 4.72 Å². The number of aromatic nitrogens is 1. The lowest BCUT2D eigenvalue weighted by Crippen LogP contribution is -2.09. The average molecular weight is 218 g/mol. The summed E-state index contributed by atoms with van der Waals surface area (Å²) in [6.45, 7) is 0. The van der Waals surface area contributed by atoms with Crippen molar-refractivity contribution in [3.63, 3.8) is 0 Å². The Hall–Kier alpha value is -1.56. The highest BCUT2D eigenvalue weighted by molar-refractivity contribution is 7.92. The maximum Gasteiger partial charge on any atom is 0.231 e. The summed E-state index contributed by atoms with van der Waals surface area (Å²) in [5.74, 6) is 0.225. The number of sulfonamides is 1. The van der Waals surface area contributed by atoms with Crippen LogP contribution in [0.15, 0.2) is 28.8 Å². The van der Waals surface area contributed by atoms with E-state index in [-0.39, 0.29) is 5.82 Å². The highest BCUT2D eigenvalue weighted by Gasteiger charge is 2.10. The highest BCUT2D eigenvalue weighted by Crippen LogP contribution is 2.22. The molecule has 0 atom stereocenters. The average Bonchev–Trinajstić information content (AvgIpc) is 2.47. The number of nitrogens with zero attached hydrogens (tertiary/aromatic N) is 1. The van der Waals surface area contributed by atoms with Gasteiger partial charge in [-0.25, -0.2) is 8.42 Å². The van der Waals surface area contributed by atoms with E-state index in [1.165, 1.54) is 0 Å². The summed E-state index contributed by atoms with van der Waals surface area (Å²) in [5.41, 5.74) is 0.554. The molecule has 0 saturated carbocycles. The van der Waals surface area contributed by atoms with Crippen LogP contribution in [0.5, 0.6) is 0 Å². The van der Waals surface area contributed by atoms with Crippen LogP contribution in [0.3, 0.4) is 0 Å². The molecule has 0 amide bonds. The van der Waals surface area contributed by atoms with Crippen LogP contribution >= 0.6 is 0 Å². The van der Waals surface area contributed by atoms with Crippen LogP contribution in [0.1, 0.15) is 0 Å². The molecule has 0 saturated heterocycles. The molecule has 2 aromatic rings. The molecule has 1 aromatic heterocycles. The molecule has 6 heteroatoms. The van der Waals surface area contributed by atoms with Crippen molar-refractivity contribution in [1.82, 2.24) is 5.16 Å². The highest BCUT2D eigenvalue weighted by atomic mass is 32.2. The molecule has 5 nitrogen and oxygen atoms in total. The van der Waals surface area contributed by atoms with Crippen molar-refractivity contribution in [2.75, 3.05) is 11.0 Å². The van der Waals surface area contributed by atoms with Gasteiger partial charge in [0.05, 0.1) is 11.6 Å². The van der Waals surface area contributed by atoms with Crippen molar-refractivity contribution >= 4 is 26.8 Å². The summed E-state index contributed by atoms with van der Waals surface area (Å²) in [6, 6.07) is 7.03. The molecule has 2 rings (SSSR count). The van der Waals surface area contributed by atoms with Crippen molar-refractivity contribution in [2.45, 2.75) is 0 Å². The van der Waals surface area contributed by atoms with Crippen molar-refractivity contribution < 1.29 is 12.9 Å². The lowest BCUT2D eigenvalue weighted by Gasteiger charge is -1.97. The minimum atomic E-state index is -3.31. The molecule has 0 spiro atoms. The van der Waals surface area contributed by atoms with Gasteiger partial charge in [0.15, 0.2) is 11.4 Å². The summed E-state index contributed by atoms with van der Waals surface area (Å²) < 4.78 is 29.1. The predicted octanol–water partition coefficient (Wildman–Crippen LogP) is 1.20. The Bertz CT molecular complexity index is 559. The zero-order valence-electron chi connectivity index (χ0n) is 7.39. The van der Waals surface area contributed by atoms with Gasteiger partial charge >= 0.3 is 0 Å². The first-order chi connectivity index (χ1) is 6.56. The molecule has 0 aliphatic carbocycles. The third-order valence-corrected chi connectivity index (χ3v) is 2.22. The molecule has 0 aliphatic heterocycles. The molecule has 0 unspecified atom stereocenters. The van der Waals surface area contributed by atoms with E-state index in [0.29, 0.717) is 11.0 Å². The fourth-order valence-electron chi connectivity index (χ4n) is 1.14. The van der Waals surface area contributed by atoms with E-state index in [9.17, 15) is 8.42 Å². The van der Waals surface area contributed by atoms with Crippen molar-refractivity contribution in [3.8, 4) is 0 Å². The van der Waals surface area contributed by atoms with Crippen molar-refractivity contribution in [2.24, 2.45) is 0 Å². The Morgan fingerprint density at radius 2 is 2.07 bits per heavy atom. The Kier molecular flexibility index (Phi) is 1.92. The number of anilines is 1. The van der Waals surface area contributed by atoms with E-state index in [0.717, 1.165) is 6.26 Å². The van der Waals surface area contributed by atoms with Gasteiger partial charge in [-0.2, -0.15) is 0 Å². The monoisotopic (exact) mass is 218 g/mol. The fourth-order valence-corrected chi connectivity index (χ4v) is 1.63. The molecule has 0 aliphatic rings. The van der Waals surface area contributed by atoms with E-state index in [1.54, 1.807) is 24.3 Å². The third kappa shape index (κ3) is 1.69. The van der Waals surface area contributed by atoms with E-state index in [4.69, 9.17) is 4.52 Å². The van der Waals surface area contributed by atoms with Gasteiger partial charge in [0.25, 0.3) is 0 Å². The number of benzene rings is 1. The topological polar surface area (TPSA) is 72.2 Å². The molecule has 74 valence electrons. The first kappa shape index (κ1) is 9.01. The lowest BCUT2D eigenvalue weighted by atomic mass is 10.9. The van der Waals surface area contributed by atoms with Crippen LogP contribution in [0, 0.1) is 0 Å². The van der Waals surface area contributed by atoms with Gasteiger partial charge < -0.3 is 4.52 Å². The second-order valence-corrected chi connectivity index (χ2v) is 4.65. The standard InChI is InChI=1S/C8H8N2O3S/c1-14(11,12)10-8-6-4-2-3-5-7(6)13-9-8/h2-5H,1H3,(H,9,10)/i2+1,3+1,4+1,5+1,6+1,7+1. The number of hydrogen-bond acceptors (Lipinski definition) is 4. The molecule has 1 aromatic carbocycles. The summed E-state index contributed by atoms with van der Waals surface area (Å²) in [4.78, 5) is 0. The summed E-state index contributed by atoms with van der Waals surface area (Å²) in [5, 5.41) is 4.27. The Labute approximate surface area is 80.8 Å². The molecule has 1 N–H and O–H groups in total. The molecular weight excluding hydrogens is 210 g/mol. The molecule has 0 fully saturated rings. The second kappa shape index (κ2) is 2.98. The minimum absolute atomic E-state index is 0.225. The minimum Gasteiger partial charge on any atom is -0.354 e. The number of nitrogens with one attached hydrogen (secondary N) is 1. The molecule has 1 heterocycles. The summed E-state index contributed by atoms with van der Waals surface area (Å²) >= 11 is 0. The number of rotatable bonds is 2. The molecule has 0 radical (unpaired) electrons. The molecule has 14 heavy (non-hydrogen) atoms. The SMILES string of the molecule is CS(=O)(=O)Nc1no[13c]2[13cH][13cH][13cH][13cH][13c]12. The summed E-state index contributed by atoms with van der Waals surface area (Å²) in [7, 11) is -3.31. The van der Waals surface area contributed by atoms with E-state index < -0.39 is 10.0 Å². The first-order valence-corrected chi connectivity index (χ1v) is 5.77. The predicted molar refractivity (Wildman–Crippen MR) is 52.5 cm³/mol. The van der Waals surface area contributed by atoms with Crippen molar-refractivity contribution in [3.05, 3.63) is 24.3 Å². The zero-order valence-corrected chi connectivity index (χ0v) is 8.21. The van der Waals surface area contributed by atoms with E-state index in [2.05, 4.69) is 9.88 Å². The van der Waals surface area contributed by atoms with Gasteiger partial charge in [0.1, 0.15) is 0 Å². The van der Waals surface area contributed by atoms with Crippen LogP contribution < -0.4 is 4.72 Å². The molecular formula is C8H8N2O3S. The Morgan fingerprint density at radius 3 is 2.79 bits per heavy atom. The van der Waals surface area contributed by atoms with E-state index in [1.807, 2.05) is 0 Å². The lowest BCUT2D eigenvalue weighted by molar-refractivity contribution is 0.460. The summed E-state index contributed by atoms with van der Waals surface area (Å²) in [6.07, 6.45) is 1.07. The third-order valence-electron chi connectivity index (χ3n) is 1.66. The largest absolute Gasteiger partial charge is 0.354 e. The van der Waals surface area contributed by atoms with Crippen molar-refractivity contribution in [1.29, 1.82) is 0 Å². The normalized spacial score (nSPS) is 11.8. The van der Waals surface area contributed by atoms with Gasteiger partial charge in [0, 0.05) is 0 Å². The number of fused-ring (bicyclic) bond motifs is 1. The number of para-hydroxylation sites is 1. The maximum absolute atomic E-state index is 10.9. The maximum atomic E-state index is 10.9.